The Bertz CT molecular complexity index is 792. The first kappa shape index (κ1) is 13.4. The minimum Gasteiger partial charge on any atom is -0.453 e. The van der Waals surface area contributed by atoms with Crippen LogP contribution in [-0.4, -0.2) is 14.8 Å². The van der Waals surface area contributed by atoms with Crippen LogP contribution in [0.25, 0.3) is 10.8 Å². The molecule has 5 heteroatoms. The molecule has 0 saturated carbocycles. The molecule has 5 nitrogen and oxygen atoms in total. The summed E-state index contributed by atoms with van der Waals surface area (Å²) in [6, 6.07) is 6.00. The molecule has 21 heavy (non-hydrogen) atoms. The Kier molecular flexibility index (Phi) is 3.25. The summed E-state index contributed by atoms with van der Waals surface area (Å²) in [6.07, 6.45) is 5.39. The number of aromatic nitrogens is 3. The number of nitrogens with zero attached hydrogens (tertiary/aromatic N) is 3. The molecule has 0 bridgehead atoms. The highest BCUT2D eigenvalue weighted by Crippen LogP contribution is 2.33. The van der Waals surface area contributed by atoms with Crippen LogP contribution in [0.5, 0.6) is 11.5 Å². The lowest BCUT2D eigenvalue weighted by atomic mass is 10.1. The molecule has 0 aliphatic rings. The summed E-state index contributed by atoms with van der Waals surface area (Å²) in [5.41, 5.74) is 7.62. The Morgan fingerprint density at radius 1 is 1.19 bits per heavy atom. The van der Waals surface area contributed by atoms with Gasteiger partial charge in [0.2, 0.25) is 0 Å². The largest absolute Gasteiger partial charge is 0.453 e. The van der Waals surface area contributed by atoms with Gasteiger partial charge in [-0.05, 0) is 39.0 Å². The number of hydrogen-bond donors (Lipinski definition) is 1. The molecule has 2 heterocycles. The number of nitrogens with two attached hydrogens (primary N) is 1. The second kappa shape index (κ2) is 5.09. The van der Waals surface area contributed by atoms with Gasteiger partial charge in [0.15, 0.2) is 5.75 Å². The molecule has 0 atom stereocenters. The van der Waals surface area contributed by atoms with Crippen LogP contribution in [0.15, 0.2) is 36.8 Å². The number of nitrogen functional groups attached to an aromatic ring is 1. The maximum Gasteiger partial charge on any atom is 0.165 e. The molecule has 0 unspecified atom stereocenters. The zero-order valence-electron chi connectivity index (χ0n) is 12.4. The molecule has 1 aromatic carbocycles. The summed E-state index contributed by atoms with van der Waals surface area (Å²) >= 11 is 0. The van der Waals surface area contributed by atoms with Gasteiger partial charge in [0.25, 0.3) is 0 Å². The lowest BCUT2D eigenvalue weighted by Crippen LogP contribution is -1.99. The number of benzene rings is 1. The van der Waals surface area contributed by atoms with Gasteiger partial charge < -0.3 is 10.5 Å². The quantitative estimate of drug-likeness (QED) is 0.744. The van der Waals surface area contributed by atoms with Crippen molar-refractivity contribution in [3.63, 3.8) is 0 Å². The van der Waals surface area contributed by atoms with Gasteiger partial charge in [-0.1, -0.05) is 0 Å². The van der Waals surface area contributed by atoms with Crippen LogP contribution in [0, 0.1) is 6.92 Å². The Labute approximate surface area is 123 Å². The van der Waals surface area contributed by atoms with Crippen LogP contribution < -0.4 is 10.5 Å². The average Bonchev–Trinajstić information content (AvgIpc) is 2.91. The highest BCUT2D eigenvalue weighted by Gasteiger charge is 2.09. The number of hydrogen-bond acceptors (Lipinski definition) is 4. The fourth-order valence-corrected chi connectivity index (χ4v) is 2.21. The van der Waals surface area contributed by atoms with Crippen LogP contribution in [0.2, 0.25) is 0 Å². The van der Waals surface area contributed by atoms with E-state index in [2.05, 4.69) is 23.9 Å². The molecule has 3 aromatic rings. The second-order valence-corrected chi connectivity index (χ2v) is 5.38. The third kappa shape index (κ3) is 2.54. The highest BCUT2D eigenvalue weighted by molar-refractivity contribution is 5.96. The molecule has 0 aliphatic heterocycles. The van der Waals surface area contributed by atoms with E-state index in [1.54, 1.807) is 12.4 Å². The lowest BCUT2D eigenvalue weighted by Gasteiger charge is -2.09. The molecule has 0 fully saturated rings. The predicted octanol–water partition coefficient (Wildman–Crippen LogP) is 3.70. The lowest BCUT2D eigenvalue weighted by molar-refractivity contribution is 0.482. The number of anilines is 1. The number of ether oxygens (including phenoxy) is 1. The van der Waals surface area contributed by atoms with Crippen LogP contribution >= 0.6 is 0 Å². The van der Waals surface area contributed by atoms with Crippen LogP contribution in [0.4, 0.5) is 5.69 Å². The topological polar surface area (TPSA) is 66.0 Å². The van der Waals surface area contributed by atoms with Gasteiger partial charge in [-0.2, -0.15) is 5.10 Å². The SMILES string of the molecule is Cc1cc2c(Oc3cnn(C(C)C)c3)ccc(N)c2cn1. The van der Waals surface area contributed by atoms with Crippen molar-refractivity contribution in [1.29, 1.82) is 0 Å². The van der Waals surface area contributed by atoms with E-state index in [-0.39, 0.29) is 0 Å². The first-order valence-electron chi connectivity index (χ1n) is 6.91. The molecule has 0 radical (unpaired) electrons. The van der Waals surface area contributed by atoms with Crippen LogP contribution in [-0.2, 0) is 0 Å². The van der Waals surface area contributed by atoms with E-state index in [1.807, 2.05) is 36.0 Å². The van der Waals surface area contributed by atoms with E-state index in [0.29, 0.717) is 17.5 Å². The predicted molar refractivity (Wildman–Crippen MR) is 83.6 cm³/mol. The smallest absolute Gasteiger partial charge is 0.165 e. The van der Waals surface area contributed by atoms with Gasteiger partial charge in [-0.3, -0.25) is 9.67 Å². The third-order valence-corrected chi connectivity index (χ3v) is 3.37. The van der Waals surface area contributed by atoms with E-state index in [0.717, 1.165) is 22.2 Å². The first-order valence-corrected chi connectivity index (χ1v) is 6.91. The molecule has 0 saturated heterocycles. The van der Waals surface area contributed by atoms with Gasteiger partial charge in [0, 0.05) is 34.4 Å². The summed E-state index contributed by atoms with van der Waals surface area (Å²) in [4.78, 5) is 4.29. The maximum atomic E-state index is 6.00. The van der Waals surface area contributed by atoms with Crippen molar-refractivity contribution >= 4 is 16.5 Å². The Balaban J connectivity index is 2.03. The molecule has 0 aliphatic carbocycles. The molecule has 108 valence electrons. The summed E-state index contributed by atoms with van der Waals surface area (Å²) in [7, 11) is 0. The third-order valence-electron chi connectivity index (χ3n) is 3.37. The summed E-state index contributed by atoms with van der Waals surface area (Å²) < 4.78 is 7.83. The fourth-order valence-electron chi connectivity index (χ4n) is 2.21. The van der Waals surface area contributed by atoms with Crippen LogP contribution in [0.3, 0.4) is 0 Å². The minimum absolute atomic E-state index is 0.303. The first-order chi connectivity index (χ1) is 10.0. The summed E-state index contributed by atoms with van der Waals surface area (Å²) in [6.45, 7) is 6.10. The minimum atomic E-state index is 0.303. The maximum absolute atomic E-state index is 6.00. The average molecular weight is 282 g/mol. The normalized spacial score (nSPS) is 11.2. The van der Waals surface area contributed by atoms with E-state index >= 15 is 0 Å². The summed E-state index contributed by atoms with van der Waals surface area (Å²) in [5.74, 6) is 1.47. The van der Waals surface area contributed by atoms with E-state index in [4.69, 9.17) is 10.5 Å². The zero-order chi connectivity index (χ0) is 15.0. The van der Waals surface area contributed by atoms with Crippen molar-refractivity contribution in [3.8, 4) is 11.5 Å². The van der Waals surface area contributed by atoms with Crippen molar-refractivity contribution in [2.75, 3.05) is 5.73 Å². The fraction of sp³-hybridized carbons (Fsp3) is 0.250. The van der Waals surface area contributed by atoms with Crippen LogP contribution in [0.1, 0.15) is 25.6 Å². The molecular formula is C16H18N4O. The number of aryl methyl sites for hydroxylation is 1. The molecule has 2 N–H and O–H groups in total. The zero-order valence-corrected chi connectivity index (χ0v) is 12.4. The van der Waals surface area contributed by atoms with E-state index in [9.17, 15) is 0 Å². The van der Waals surface area contributed by atoms with E-state index in [1.165, 1.54) is 0 Å². The summed E-state index contributed by atoms with van der Waals surface area (Å²) in [5, 5.41) is 6.14. The Morgan fingerprint density at radius 3 is 2.71 bits per heavy atom. The molecule has 0 amide bonds. The van der Waals surface area contributed by atoms with Gasteiger partial charge in [0.05, 0.1) is 12.4 Å². The van der Waals surface area contributed by atoms with Gasteiger partial charge in [-0.15, -0.1) is 0 Å². The van der Waals surface area contributed by atoms with Crippen molar-refractivity contribution in [2.24, 2.45) is 0 Å². The van der Waals surface area contributed by atoms with Crippen molar-refractivity contribution in [3.05, 3.63) is 42.5 Å². The Morgan fingerprint density at radius 2 is 2.00 bits per heavy atom. The number of fused-ring (bicyclic) bond motifs is 1. The molecule has 0 spiro atoms. The highest BCUT2D eigenvalue weighted by atomic mass is 16.5. The molecule has 2 aromatic heterocycles. The van der Waals surface area contributed by atoms with Crippen molar-refractivity contribution < 1.29 is 4.74 Å². The second-order valence-electron chi connectivity index (χ2n) is 5.38. The monoisotopic (exact) mass is 282 g/mol. The molecular weight excluding hydrogens is 264 g/mol. The number of rotatable bonds is 3. The van der Waals surface area contributed by atoms with Gasteiger partial charge in [0.1, 0.15) is 5.75 Å². The van der Waals surface area contributed by atoms with E-state index < -0.39 is 0 Å². The molecule has 3 rings (SSSR count). The standard InChI is InChI=1S/C16H18N4O/c1-10(2)20-9-12(7-19-20)21-16-5-4-15(17)14-8-18-11(3)6-13(14)16/h4-10H,17H2,1-3H3. The van der Waals surface area contributed by atoms with Gasteiger partial charge in [-0.25, -0.2) is 0 Å². The van der Waals surface area contributed by atoms with Crippen molar-refractivity contribution in [2.45, 2.75) is 26.8 Å². The number of pyridine rings is 1. The van der Waals surface area contributed by atoms with Gasteiger partial charge >= 0.3 is 0 Å². The van der Waals surface area contributed by atoms with Crippen molar-refractivity contribution in [1.82, 2.24) is 14.8 Å². The Hall–Kier alpha value is -2.56.